The van der Waals surface area contributed by atoms with Gasteiger partial charge in [-0.3, -0.25) is 14.3 Å². The molecule has 2 fully saturated rings. The van der Waals surface area contributed by atoms with Crippen LogP contribution in [0.25, 0.3) is 22.2 Å². The van der Waals surface area contributed by atoms with Gasteiger partial charge in [0, 0.05) is 70.0 Å². The Balaban J connectivity index is 1.20. The first-order valence-electron chi connectivity index (χ1n) is 14.5. The molecule has 12 heteroatoms. The zero-order chi connectivity index (χ0) is 29.4. The van der Waals surface area contributed by atoms with E-state index in [-0.39, 0.29) is 17.9 Å². The molecule has 3 aromatic heterocycles. The van der Waals surface area contributed by atoms with Crippen molar-refractivity contribution in [2.75, 3.05) is 45.6 Å². The number of hydrogen-bond acceptors (Lipinski definition) is 7. The summed E-state index contributed by atoms with van der Waals surface area (Å²) < 4.78 is 49.3. The van der Waals surface area contributed by atoms with Crippen molar-refractivity contribution in [3.8, 4) is 17.0 Å². The number of anilines is 1. The third-order valence-electron chi connectivity index (χ3n) is 8.42. The van der Waals surface area contributed by atoms with Gasteiger partial charge in [-0.25, -0.2) is 4.98 Å². The van der Waals surface area contributed by atoms with Gasteiger partial charge in [0.15, 0.2) is 5.75 Å². The van der Waals surface area contributed by atoms with Crippen LogP contribution in [0.4, 0.5) is 19.0 Å². The molecule has 4 heterocycles. The average molecular weight is 583 g/mol. The van der Waals surface area contributed by atoms with Crippen molar-refractivity contribution in [3.63, 3.8) is 0 Å². The molecule has 0 amide bonds. The van der Waals surface area contributed by atoms with Gasteiger partial charge in [0.05, 0.1) is 23.9 Å². The molecule has 2 aliphatic rings. The van der Waals surface area contributed by atoms with Crippen molar-refractivity contribution in [3.05, 3.63) is 54.0 Å². The lowest BCUT2D eigenvalue weighted by Crippen LogP contribution is -2.43. The second-order valence-electron chi connectivity index (χ2n) is 11.5. The smallest absolute Gasteiger partial charge is 0.438 e. The Hall–Kier alpha value is -3.64. The molecule has 42 heavy (non-hydrogen) atoms. The second-order valence-corrected chi connectivity index (χ2v) is 11.5. The van der Waals surface area contributed by atoms with Crippen LogP contribution < -0.4 is 10.1 Å². The number of ether oxygens (including phenoxy) is 1. The number of rotatable bonds is 7. The monoisotopic (exact) mass is 582 g/mol. The van der Waals surface area contributed by atoms with Gasteiger partial charge in [-0.15, -0.1) is 0 Å². The second kappa shape index (κ2) is 11.6. The van der Waals surface area contributed by atoms with Crippen LogP contribution in [0.1, 0.15) is 43.0 Å². The van der Waals surface area contributed by atoms with Crippen molar-refractivity contribution in [2.24, 2.45) is 7.05 Å². The molecule has 0 radical (unpaired) electrons. The largest absolute Gasteiger partial charge is 0.486 e. The highest BCUT2D eigenvalue weighted by molar-refractivity contribution is 5.94. The number of nitrogens with zero attached hydrogens (tertiary/aromatic N) is 7. The van der Waals surface area contributed by atoms with Gasteiger partial charge in [0.1, 0.15) is 11.5 Å². The van der Waals surface area contributed by atoms with Crippen molar-refractivity contribution in [2.45, 2.75) is 50.6 Å². The summed E-state index contributed by atoms with van der Waals surface area (Å²) in [5.74, 6) is 0.548. The molecule has 4 aromatic rings. The fraction of sp³-hybridized carbons (Fsp3) is 0.500. The van der Waals surface area contributed by atoms with Gasteiger partial charge in [-0.1, -0.05) is 24.3 Å². The fourth-order valence-corrected chi connectivity index (χ4v) is 6.03. The van der Waals surface area contributed by atoms with E-state index < -0.39 is 11.9 Å². The van der Waals surface area contributed by atoms with E-state index in [4.69, 9.17) is 9.84 Å². The number of aromatic nitrogens is 5. The molecule has 1 aliphatic carbocycles. The Morgan fingerprint density at radius 2 is 1.69 bits per heavy atom. The Labute approximate surface area is 243 Å². The fourth-order valence-electron chi connectivity index (χ4n) is 6.03. The standard InChI is InChI=1S/C30H37F3N8O/c1-34-27-16-25-24(17-35-27)28(21-6-4-20(5-7-21)18-40-14-12-38(2)13-15-40)36-41(25)22-8-10-23(11-9-22)42-26-19-39(3)37-29(26)30(31,32)33/h4-7,16-17,19,22-23H,8-15,18H2,1-3H3,(H,34,35)/t22-,23+. The van der Waals surface area contributed by atoms with Crippen molar-refractivity contribution < 1.29 is 17.9 Å². The number of hydrogen-bond donors (Lipinski definition) is 1. The number of likely N-dealkylation sites (N-methyl/N-ethyl adjacent to an activating group) is 1. The molecule has 0 unspecified atom stereocenters. The van der Waals surface area contributed by atoms with E-state index in [0.717, 1.165) is 78.2 Å². The van der Waals surface area contributed by atoms with E-state index >= 15 is 0 Å². The molecule has 1 saturated carbocycles. The quantitative estimate of drug-likeness (QED) is 0.321. The Morgan fingerprint density at radius 1 is 0.976 bits per heavy atom. The van der Waals surface area contributed by atoms with Crippen LogP contribution in [0.15, 0.2) is 42.7 Å². The number of nitrogens with one attached hydrogen (secondary N) is 1. The minimum absolute atomic E-state index is 0.0979. The maximum absolute atomic E-state index is 13.4. The summed E-state index contributed by atoms with van der Waals surface area (Å²) in [5, 5.41) is 12.8. The number of benzene rings is 1. The van der Waals surface area contributed by atoms with Crippen molar-refractivity contribution >= 4 is 16.7 Å². The number of alkyl halides is 3. The van der Waals surface area contributed by atoms with Crippen molar-refractivity contribution in [1.82, 2.24) is 34.3 Å². The lowest BCUT2D eigenvalue weighted by atomic mass is 9.93. The zero-order valence-electron chi connectivity index (χ0n) is 24.2. The van der Waals surface area contributed by atoms with Crippen LogP contribution in [-0.2, 0) is 19.8 Å². The van der Waals surface area contributed by atoms with Gasteiger partial charge in [-0.05, 0) is 38.3 Å². The summed E-state index contributed by atoms with van der Waals surface area (Å²) >= 11 is 0. The number of aryl methyl sites for hydroxylation is 1. The molecule has 1 aliphatic heterocycles. The van der Waals surface area contributed by atoms with E-state index in [0.29, 0.717) is 12.8 Å². The molecular formula is C30H37F3N8O. The van der Waals surface area contributed by atoms with Gasteiger partial charge >= 0.3 is 6.18 Å². The van der Waals surface area contributed by atoms with E-state index in [9.17, 15) is 13.2 Å². The van der Waals surface area contributed by atoms with E-state index in [1.165, 1.54) is 18.8 Å². The van der Waals surface area contributed by atoms with Crippen LogP contribution in [-0.4, -0.2) is 80.7 Å². The first kappa shape index (κ1) is 28.5. The third kappa shape index (κ3) is 5.96. The van der Waals surface area contributed by atoms with Gasteiger partial charge in [-0.2, -0.15) is 23.4 Å². The molecule has 0 bridgehead atoms. The topological polar surface area (TPSA) is 76.3 Å². The van der Waals surface area contributed by atoms with E-state index in [1.54, 1.807) is 0 Å². The zero-order valence-corrected chi connectivity index (χ0v) is 24.2. The third-order valence-corrected chi connectivity index (χ3v) is 8.42. The Morgan fingerprint density at radius 3 is 2.36 bits per heavy atom. The molecule has 9 nitrogen and oxygen atoms in total. The summed E-state index contributed by atoms with van der Waals surface area (Å²) in [6, 6.07) is 10.8. The minimum Gasteiger partial charge on any atom is -0.486 e. The van der Waals surface area contributed by atoms with E-state index in [2.05, 4.69) is 61.2 Å². The van der Waals surface area contributed by atoms with Crippen LogP contribution in [0.2, 0.25) is 0 Å². The lowest BCUT2D eigenvalue weighted by Gasteiger charge is -2.32. The summed E-state index contributed by atoms with van der Waals surface area (Å²) in [6.07, 6.45) is 1.03. The van der Waals surface area contributed by atoms with Crippen LogP contribution in [0, 0.1) is 0 Å². The van der Waals surface area contributed by atoms with Crippen LogP contribution in [0.3, 0.4) is 0 Å². The molecule has 224 valence electrons. The summed E-state index contributed by atoms with van der Waals surface area (Å²) in [5.41, 5.74) is 3.21. The first-order valence-corrected chi connectivity index (χ1v) is 14.5. The Kier molecular flexibility index (Phi) is 7.84. The number of pyridine rings is 1. The normalized spacial score (nSPS) is 20.7. The van der Waals surface area contributed by atoms with Crippen LogP contribution in [0.5, 0.6) is 5.75 Å². The number of fused-ring (bicyclic) bond motifs is 1. The maximum Gasteiger partial charge on any atom is 0.438 e. The lowest BCUT2D eigenvalue weighted by molar-refractivity contribution is -0.143. The van der Waals surface area contributed by atoms with Crippen molar-refractivity contribution in [1.29, 1.82) is 0 Å². The number of halogens is 3. The van der Waals surface area contributed by atoms with Gasteiger partial charge < -0.3 is 15.0 Å². The highest BCUT2D eigenvalue weighted by Gasteiger charge is 2.39. The van der Waals surface area contributed by atoms with Gasteiger partial charge in [0.2, 0.25) is 5.69 Å². The summed E-state index contributed by atoms with van der Waals surface area (Å²) in [4.78, 5) is 9.41. The molecule has 0 atom stereocenters. The molecule has 1 saturated heterocycles. The molecule has 1 N–H and O–H groups in total. The van der Waals surface area contributed by atoms with E-state index in [1.807, 2.05) is 19.3 Å². The minimum atomic E-state index is -4.56. The first-order chi connectivity index (χ1) is 20.2. The highest BCUT2D eigenvalue weighted by Crippen LogP contribution is 2.39. The van der Waals surface area contributed by atoms with Gasteiger partial charge in [0.25, 0.3) is 0 Å². The average Bonchev–Trinajstić information content (AvgIpc) is 3.55. The highest BCUT2D eigenvalue weighted by atomic mass is 19.4. The predicted octanol–water partition coefficient (Wildman–Crippen LogP) is 5.20. The SMILES string of the molecule is CNc1cc2c(cn1)c(-c1ccc(CN3CCN(C)CC3)cc1)nn2[C@H]1CC[C@@H](Oc2cn(C)nc2C(F)(F)F)CC1. The predicted molar refractivity (Wildman–Crippen MR) is 155 cm³/mol. The number of piperazine rings is 1. The Bertz CT molecular complexity index is 1510. The summed E-state index contributed by atoms with van der Waals surface area (Å²) in [6.45, 7) is 5.27. The molecule has 0 spiro atoms. The summed E-state index contributed by atoms with van der Waals surface area (Å²) in [7, 11) is 5.47. The molecular weight excluding hydrogens is 545 g/mol. The van der Waals surface area contributed by atoms with Crippen LogP contribution >= 0.6 is 0 Å². The molecule has 6 rings (SSSR count). The maximum atomic E-state index is 13.4. The molecule has 1 aromatic carbocycles.